The van der Waals surface area contributed by atoms with E-state index in [0.29, 0.717) is 0 Å². The number of benzene rings is 7. The number of para-hydroxylation sites is 4. The minimum atomic E-state index is -0.447. The lowest BCUT2D eigenvalue weighted by molar-refractivity contribution is 0.427. The number of hydrogen-bond acceptors (Lipinski definition) is 3. The van der Waals surface area contributed by atoms with Crippen molar-refractivity contribution in [1.82, 2.24) is 0 Å². The van der Waals surface area contributed by atoms with Crippen molar-refractivity contribution in [3.63, 3.8) is 0 Å². The zero-order valence-electron chi connectivity index (χ0n) is 30.0. The molecular weight excluding hydrogens is 653 g/mol. The molecule has 0 spiro atoms. The lowest BCUT2D eigenvalue weighted by Gasteiger charge is -2.38. The highest BCUT2D eigenvalue weighted by molar-refractivity contribution is 7.26. The van der Waals surface area contributed by atoms with E-state index in [1.54, 1.807) is 0 Å². The van der Waals surface area contributed by atoms with Gasteiger partial charge in [0.1, 0.15) is 23.0 Å². The lowest BCUT2D eigenvalue weighted by atomic mass is 9.68. The fraction of sp³-hybridized carbons (Fsp3) is 0.143. The Bertz CT molecular complexity index is 2650. The maximum atomic E-state index is 6.55. The third kappa shape index (κ3) is 4.29. The molecule has 0 saturated carbocycles. The van der Waals surface area contributed by atoms with Gasteiger partial charge in [-0.15, -0.1) is 11.3 Å². The van der Waals surface area contributed by atoms with Crippen molar-refractivity contribution in [3.05, 3.63) is 190 Å². The molecule has 2 nitrogen and oxygen atoms in total. The van der Waals surface area contributed by atoms with Gasteiger partial charge in [-0.1, -0.05) is 96.6 Å². The molecule has 2 aliphatic rings. The molecule has 1 aromatic heterocycles. The number of rotatable bonds is 3. The normalized spacial score (nSPS) is 14.9. The van der Waals surface area contributed by atoms with Crippen LogP contribution in [-0.2, 0) is 10.8 Å². The highest BCUT2D eigenvalue weighted by Gasteiger charge is 2.42. The summed E-state index contributed by atoms with van der Waals surface area (Å²) in [6.45, 7) is 11.5. The van der Waals surface area contributed by atoms with Crippen LogP contribution >= 0.6 is 11.3 Å². The highest BCUT2D eigenvalue weighted by Crippen LogP contribution is 2.55. The van der Waals surface area contributed by atoms with Crippen molar-refractivity contribution < 1.29 is 9.47 Å². The SMILES string of the molecule is Cc1cc(C)c(-c2cc(C3(C)c4ccccc4Oc4ccccc43)cc3c2sc2ccc(C4(C)c5ccccc5Oc5ccccc54)cc23)c(C)c1. The van der Waals surface area contributed by atoms with E-state index in [9.17, 15) is 0 Å². The van der Waals surface area contributed by atoms with Crippen molar-refractivity contribution in [2.75, 3.05) is 0 Å². The van der Waals surface area contributed by atoms with Gasteiger partial charge in [0, 0.05) is 58.8 Å². The van der Waals surface area contributed by atoms with Crippen LogP contribution in [0.2, 0.25) is 0 Å². The zero-order valence-corrected chi connectivity index (χ0v) is 30.8. The van der Waals surface area contributed by atoms with E-state index < -0.39 is 10.8 Å². The van der Waals surface area contributed by atoms with Crippen LogP contribution in [0.4, 0.5) is 0 Å². The van der Waals surface area contributed by atoms with Gasteiger partial charge in [0.2, 0.25) is 0 Å². The smallest absolute Gasteiger partial charge is 0.131 e. The summed E-state index contributed by atoms with van der Waals surface area (Å²) in [5.74, 6) is 3.66. The second kappa shape index (κ2) is 11.2. The van der Waals surface area contributed by atoms with E-state index in [2.05, 4.69) is 174 Å². The molecule has 7 aromatic carbocycles. The Kier molecular flexibility index (Phi) is 6.69. The molecule has 3 heteroatoms. The average molecular weight is 691 g/mol. The fourth-order valence-electron chi connectivity index (χ4n) is 9.29. The molecule has 0 atom stereocenters. The molecule has 0 bridgehead atoms. The molecule has 2 aliphatic heterocycles. The number of fused-ring (bicyclic) bond motifs is 7. The fourth-order valence-corrected chi connectivity index (χ4v) is 10.5. The lowest BCUT2D eigenvalue weighted by Crippen LogP contribution is -2.29. The minimum absolute atomic E-state index is 0.400. The Balaban J connectivity index is 1.30. The van der Waals surface area contributed by atoms with Gasteiger partial charge in [-0.2, -0.15) is 0 Å². The average Bonchev–Trinajstić information content (AvgIpc) is 3.53. The van der Waals surface area contributed by atoms with Gasteiger partial charge in [0.25, 0.3) is 0 Å². The quantitative estimate of drug-likeness (QED) is 0.184. The molecule has 0 amide bonds. The predicted molar refractivity (Wildman–Crippen MR) is 216 cm³/mol. The van der Waals surface area contributed by atoms with Crippen molar-refractivity contribution >= 4 is 31.5 Å². The summed E-state index contributed by atoms with van der Waals surface area (Å²) in [7, 11) is 0. The predicted octanol–water partition coefficient (Wildman–Crippen LogP) is 13.6. The monoisotopic (exact) mass is 690 g/mol. The van der Waals surface area contributed by atoms with Gasteiger partial charge >= 0.3 is 0 Å². The van der Waals surface area contributed by atoms with E-state index in [4.69, 9.17) is 9.47 Å². The third-order valence-corrected chi connectivity index (χ3v) is 13.0. The summed E-state index contributed by atoms with van der Waals surface area (Å²) >= 11 is 1.91. The Morgan fingerprint density at radius 2 is 0.904 bits per heavy atom. The topological polar surface area (TPSA) is 18.5 Å². The summed E-state index contributed by atoms with van der Waals surface area (Å²) in [5.41, 5.74) is 12.9. The molecule has 0 N–H and O–H groups in total. The summed E-state index contributed by atoms with van der Waals surface area (Å²) in [5, 5.41) is 2.57. The molecular formula is C49H38O2S. The number of hydrogen-bond donors (Lipinski definition) is 0. The van der Waals surface area contributed by atoms with Crippen molar-refractivity contribution in [2.24, 2.45) is 0 Å². The first-order valence-corrected chi connectivity index (χ1v) is 18.9. The number of ether oxygens (including phenoxy) is 2. The minimum Gasteiger partial charge on any atom is -0.457 e. The summed E-state index contributed by atoms with van der Waals surface area (Å²) in [6.07, 6.45) is 0. The molecule has 10 rings (SSSR count). The van der Waals surface area contributed by atoms with Gasteiger partial charge in [0.15, 0.2) is 0 Å². The third-order valence-electron chi connectivity index (χ3n) is 11.8. The number of thiophene rings is 1. The Morgan fingerprint density at radius 3 is 1.40 bits per heavy atom. The molecule has 0 fully saturated rings. The largest absolute Gasteiger partial charge is 0.457 e. The molecule has 252 valence electrons. The summed E-state index contributed by atoms with van der Waals surface area (Å²) in [6, 6.07) is 50.9. The molecule has 52 heavy (non-hydrogen) atoms. The molecule has 0 radical (unpaired) electrons. The Morgan fingerprint density at radius 1 is 0.462 bits per heavy atom. The second-order valence-electron chi connectivity index (χ2n) is 14.9. The van der Waals surface area contributed by atoms with Crippen LogP contribution in [-0.4, -0.2) is 0 Å². The first-order chi connectivity index (χ1) is 25.2. The van der Waals surface area contributed by atoms with Crippen LogP contribution in [0.1, 0.15) is 63.9 Å². The molecule has 8 aromatic rings. The first kappa shape index (κ1) is 31.1. The second-order valence-corrected chi connectivity index (χ2v) is 16.0. The maximum absolute atomic E-state index is 6.55. The van der Waals surface area contributed by atoms with Crippen LogP contribution in [0, 0.1) is 20.8 Å². The van der Waals surface area contributed by atoms with Gasteiger partial charge < -0.3 is 9.47 Å². The zero-order chi connectivity index (χ0) is 35.4. The molecule has 3 heterocycles. The van der Waals surface area contributed by atoms with Gasteiger partial charge in [-0.3, -0.25) is 0 Å². The summed E-state index contributed by atoms with van der Waals surface area (Å²) < 4.78 is 15.6. The van der Waals surface area contributed by atoms with Gasteiger partial charge in [0.05, 0.1) is 0 Å². The van der Waals surface area contributed by atoms with E-state index in [0.717, 1.165) is 23.0 Å². The van der Waals surface area contributed by atoms with Crippen LogP contribution in [0.25, 0.3) is 31.3 Å². The summed E-state index contributed by atoms with van der Waals surface area (Å²) in [4.78, 5) is 0. The van der Waals surface area contributed by atoms with E-state index >= 15 is 0 Å². The Hall–Kier alpha value is -5.64. The van der Waals surface area contributed by atoms with Crippen LogP contribution in [0.15, 0.2) is 140 Å². The van der Waals surface area contributed by atoms with Gasteiger partial charge in [-0.05, 0) is 111 Å². The number of aryl methyl sites for hydroxylation is 3. The van der Waals surface area contributed by atoms with Crippen LogP contribution in [0.5, 0.6) is 23.0 Å². The van der Waals surface area contributed by atoms with Crippen molar-refractivity contribution in [2.45, 2.75) is 45.4 Å². The van der Waals surface area contributed by atoms with Crippen molar-refractivity contribution in [3.8, 4) is 34.1 Å². The first-order valence-electron chi connectivity index (χ1n) is 18.1. The Labute approximate surface area is 308 Å². The standard InChI is InChI=1S/C49H38O2S/c1-29-24-30(2)46(31(3)25-29)36-28-33(49(5)39-16-8-12-20-43(39)51-44-21-13-9-17-40(44)49)27-35-34-26-32(22-23-45(34)52-47(35)36)48(4)37-14-6-10-18-41(37)50-42-19-11-7-15-38(42)48/h6-28H,1-5H3. The van der Waals surface area contributed by atoms with E-state index in [1.165, 1.54) is 81.4 Å². The van der Waals surface area contributed by atoms with Crippen molar-refractivity contribution in [1.29, 1.82) is 0 Å². The van der Waals surface area contributed by atoms with E-state index in [1.807, 2.05) is 11.3 Å². The highest BCUT2D eigenvalue weighted by atomic mass is 32.1. The molecule has 0 saturated heterocycles. The van der Waals surface area contributed by atoms with Crippen LogP contribution in [0.3, 0.4) is 0 Å². The van der Waals surface area contributed by atoms with E-state index in [-0.39, 0.29) is 0 Å². The van der Waals surface area contributed by atoms with Crippen LogP contribution < -0.4 is 9.47 Å². The molecule has 0 aliphatic carbocycles. The maximum Gasteiger partial charge on any atom is 0.131 e. The van der Waals surface area contributed by atoms with Gasteiger partial charge in [-0.25, -0.2) is 0 Å². The molecule has 0 unspecified atom stereocenters.